The number of aryl methyl sites for hydroxylation is 1. The van der Waals surface area contributed by atoms with E-state index in [1.54, 1.807) is 13.0 Å². The number of carbonyl (C=O) groups excluding carboxylic acids is 1. The minimum atomic E-state index is -4.54. The van der Waals surface area contributed by atoms with Gasteiger partial charge in [-0.05, 0) is 55.0 Å². The van der Waals surface area contributed by atoms with Gasteiger partial charge in [-0.1, -0.05) is 0 Å². The number of hydrogen-bond donors (Lipinski definition) is 1. The lowest BCUT2D eigenvalue weighted by Gasteiger charge is -2.15. The van der Waals surface area contributed by atoms with Crippen LogP contribution in [-0.4, -0.2) is 36.9 Å². The van der Waals surface area contributed by atoms with E-state index >= 15 is 0 Å². The third-order valence-corrected chi connectivity index (χ3v) is 4.85. The number of amides is 1. The second kappa shape index (κ2) is 6.76. The summed E-state index contributed by atoms with van der Waals surface area (Å²) in [5, 5.41) is 3.03. The van der Waals surface area contributed by atoms with Gasteiger partial charge in [-0.3, -0.25) is 4.79 Å². The molecule has 1 amide bonds. The van der Waals surface area contributed by atoms with Crippen LogP contribution in [0.4, 0.5) is 13.2 Å². The van der Waals surface area contributed by atoms with Crippen molar-refractivity contribution in [3.8, 4) is 0 Å². The van der Waals surface area contributed by atoms with E-state index < -0.39 is 23.9 Å². The molecule has 8 heteroatoms. The first kappa shape index (κ1) is 18.2. The van der Waals surface area contributed by atoms with Crippen LogP contribution < -0.4 is 5.32 Å². The summed E-state index contributed by atoms with van der Waals surface area (Å²) in [5.41, 5.74) is 0.245. The molecule has 144 valence electrons. The predicted molar refractivity (Wildman–Crippen MR) is 91.5 cm³/mol. The number of hydrogen-bond acceptors (Lipinski definition) is 4. The Labute approximate surface area is 153 Å². The quantitative estimate of drug-likeness (QED) is 0.881. The molecule has 2 aliphatic rings. The summed E-state index contributed by atoms with van der Waals surface area (Å²) < 4.78 is 51.3. The summed E-state index contributed by atoms with van der Waals surface area (Å²) in [5.74, 6) is -0.372. The standard InChI is InChI=1S/C19H19F3N2O3/c1-10-6-15(18(25)23-9-16-26-4-5-27-16)24-17-13(10)7-12(11-2-3-11)8-14(17)19(20,21)22/h6-8,11,16H,2-5,9H2,1H3,(H,23,25). The molecule has 2 heterocycles. The van der Waals surface area contributed by atoms with Gasteiger partial charge >= 0.3 is 6.18 Å². The highest BCUT2D eigenvalue weighted by Gasteiger charge is 2.36. The number of alkyl halides is 3. The van der Waals surface area contributed by atoms with Crippen molar-refractivity contribution in [3.63, 3.8) is 0 Å². The topological polar surface area (TPSA) is 60.5 Å². The van der Waals surface area contributed by atoms with Crippen LogP contribution in [0.15, 0.2) is 18.2 Å². The smallest absolute Gasteiger partial charge is 0.348 e. The van der Waals surface area contributed by atoms with Crippen LogP contribution in [0.25, 0.3) is 10.9 Å². The largest absolute Gasteiger partial charge is 0.418 e. The van der Waals surface area contributed by atoms with Crippen molar-refractivity contribution in [2.24, 2.45) is 0 Å². The molecule has 1 aromatic heterocycles. The van der Waals surface area contributed by atoms with Crippen LogP contribution >= 0.6 is 0 Å². The highest BCUT2D eigenvalue weighted by Crippen LogP contribution is 2.44. The Kier molecular flexibility index (Phi) is 4.55. The number of ether oxygens (including phenoxy) is 2. The van der Waals surface area contributed by atoms with Crippen molar-refractivity contribution in [2.75, 3.05) is 19.8 Å². The van der Waals surface area contributed by atoms with Crippen molar-refractivity contribution in [2.45, 2.75) is 38.1 Å². The van der Waals surface area contributed by atoms with E-state index in [0.717, 1.165) is 12.8 Å². The fraction of sp³-hybridized carbons (Fsp3) is 0.474. The zero-order chi connectivity index (χ0) is 19.2. The van der Waals surface area contributed by atoms with Crippen LogP contribution in [0.5, 0.6) is 0 Å². The van der Waals surface area contributed by atoms with Gasteiger partial charge in [-0.25, -0.2) is 4.98 Å². The molecule has 2 fully saturated rings. The summed E-state index contributed by atoms with van der Waals surface area (Å²) >= 11 is 0. The summed E-state index contributed by atoms with van der Waals surface area (Å²) in [7, 11) is 0. The lowest BCUT2D eigenvalue weighted by Crippen LogP contribution is -2.33. The number of nitrogens with one attached hydrogen (secondary N) is 1. The molecule has 27 heavy (non-hydrogen) atoms. The lowest BCUT2D eigenvalue weighted by molar-refractivity contribution is -0.136. The number of halogens is 3. The number of pyridine rings is 1. The Bertz CT molecular complexity index is 888. The van der Waals surface area contributed by atoms with Gasteiger partial charge in [0.25, 0.3) is 5.91 Å². The van der Waals surface area contributed by atoms with E-state index in [-0.39, 0.29) is 23.7 Å². The summed E-state index contributed by atoms with van der Waals surface area (Å²) in [6.07, 6.45) is -3.27. The maximum absolute atomic E-state index is 13.6. The molecule has 1 saturated heterocycles. The van der Waals surface area contributed by atoms with E-state index in [9.17, 15) is 18.0 Å². The molecule has 1 aromatic carbocycles. The minimum Gasteiger partial charge on any atom is -0.348 e. The van der Waals surface area contributed by atoms with Crippen molar-refractivity contribution >= 4 is 16.8 Å². The maximum atomic E-state index is 13.6. The predicted octanol–water partition coefficient (Wildman–Crippen LogP) is 3.54. The Morgan fingerprint density at radius 3 is 2.56 bits per heavy atom. The van der Waals surface area contributed by atoms with Gasteiger partial charge in [-0.2, -0.15) is 13.2 Å². The Morgan fingerprint density at radius 1 is 1.22 bits per heavy atom. The average molecular weight is 380 g/mol. The summed E-state index contributed by atoms with van der Waals surface area (Å²) in [4.78, 5) is 16.4. The molecule has 1 saturated carbocycles. The lowest BCUT2D eigenvalue weighted by atomic mass is 9.98. The number of fused-ring (bicyclic) bond motifs is 1. The summed E-state index contributed by atoms with van der Waals surface area (Å²) in [6.45, 7) is 2.71. The molecule has 1 N–H and O–H groups in total. The first-order chi connectivity index (χ1) is 12.8. The molecular formula is C19H19F3N2O3. The third kappa shape index (κ3) is 3.77. The monoisotopic (exact) mass is 380 g/mol. The molecule has 1 aliphatic heterocycles. The van der Waals surface area contributed by atoms with Crippen LogP contribution in [0.2, 0.25) is 0 Å². The zero-order valence-electron chi connectivity index (χ0n) is 14.7. The maximum Gasteiger partial charge on any atom is 0.418 e. The number of benzene rings is 1. The van der Waals surface area contributed by atoms with E-state index in [1.165, 1.54) is 12.1 Å². The van der Waals surface area contributed by atoms with E-state index in [1.807, 2.05) is 0 Å². The second-order valence-electron chi connectivity index (χ2n) is 6.94. The Morgan fingerprint density at radius 2 is 1.93 bits per heavy atom. The molecule has 0 spiro atoms. The van der Waals surface area contributed by atoms with E-state index in [4.69, 9.17) is 9.47 Å². The number of carbonyl (C=O) groups is 1. The molecule has 0 bridgehead atoms. The number of aromatic nitrogens is 1. The molecule has 0 radical (unpaired) electrons. The van der Waals surface area contributed by atoms with Gasteiger partial charge in [0.05, 0.1) is 30.8 Å². The fourth-order valence-electron chi connectivity index (χ4n) is 3.29. The van der Waals surface area contributed by atoms with Gasteiger partial charge in [0.1, 0.15) is 5.69 Å². The van der Waals surface area contributed by atoms with Gasteiger partial charge in [-0.15, -0.1) is 0 Å². The van der Waals surface area contributed by atoms with Gasteiger partial charge in [0.2, 0.25) is 0 Å². The van der Waals surface area contributed by atoms with Crippen LogP contribution in [-0.2, 0) is 15.7 Å². The van der Waals surface area contributed by atoms with Gasteiger partial charge in [0.15, 0.2) is 6.29 Å². The molecule has 1 aliphatic carbocycles. The van der Waals surface area contributed by atoms with Gasteiger partial charge in [0, 0.05) is 5.39 Å². The van der Waals surface area contributed by atoms with E-state index in [2.05, 4.69) is 10.3 Å². The molecular weight excluding hydrogens is 361 g/mol. The van der Waals surface area contributed by atoms with Crippen LogP contribution in [0.1, 0.15) is 45.9 Å². The molecule has 5 nitrogen and oxygen atoms in total. The van der Waals surface area contributed by atoms with Crippen molar-refractivity contribution in [3.05, 3.63) is 40.6 Å². The van der Waals surface area contributed by atoms with Gasteiger partial charge < -0.3 is 14.8 Å². The highest BCUT2D eigenvalue weighted by atomic mass is 19.4. The number of rotatable bonds is 4. The SMILES string of the molecule is Cc1cc(C(=O)NCC2OCCO2)nc2c(C(F)(F)F)cc(C3CC3)cc12. The molecule has 4 rings (SSSR count). The average Bonchev–Trinajstić information content (AvgIpc) is 3.34. The first-order valence-electron chi connectivity index (χ1n) is 8.87. The molecule has 0 unspecified atom stereocenters. The van der Waals surface area contributed by atoms with Crippen LogP contribution in [0, 0.1) is 6.92 Å². The first-order valence-corrected chi connectivity index (χ1v) is 8.87. The zero-order valence-corrected chi connectivity index (χ0v) is 14.7. The summed E-state index contributed by atoms with van der Waals surface area (Å²) in [6, 6.07) is 4.46. The normalized spacial score (nSPS) is 18.2. The number of nitrogens with zero attached hydrogens (tertiary/aromatic N) is 1. The second-order valence-corrected chi connectivity index (χ2v) is 6.94. The highest BCUT2D eigenvalue weighted by molar-refractivity contribution is 5.97. The van der Waals surface area contributed by atoms with Crippen LogP contribution in [0.3, 0.4) is 0 Å². The third-order valence-electron chi connectivity index (χ3n) is 4.85. The minimum absolute atomic E-state index is 0.0531. The Hall–Kier alpha value is -2.19. The van der Waals surface area contributed by atoms with Crippen molar-refractivity contribution in [1.82, 2.24) is 10.3 Å². The molecule has 2 aromatic rings. The van der Waals surface area contributed by atoms with Crippen molar-refractivity contribution in [1.29, 1.82) is 0 Å². The van der Waals surface area contributed by atoms with E-state index in [0.29, 0.717) is 29.7 Å². The molecule has 0 atom stereocenters. The fourth-order valence-corrected chi connectivity index (χ4v) is 3.29. The van der Waals surface area contributed by atoms with Crippen molar-refractivity contribution < 1.29 is 27.4 Å². The Balaban J connectivity index is 1.70.